The lowest BCUT2D eigenvalue weighted by Crippen LogP contribution is -2.03. The highest BCUT2D eigenvalue weighted by atomic mass is 16.1. The van der Waals surface area contributed by atoms with Crippen LogP contribution < -0.4 is 0 Å². The summed E-state index contributed by atoms with van der Waals surface area (Å²) in [5.41, 5.74) is 1.72. The topological polar surface area (TPSA) is 30.0 Å². The van der Waals surface area contributed by atoms with Crippen molar-refractivity contribution in [1.82, 2.24) is 4.98 Å². The van der Waals surface area contributed by atoms with Gasteiger partial charge in [-0.2, -0.15) is 0 Å². The van der Waals surface area contributed by atoms with E-state index in [1.807, 2.05) is 30.3 Å². The Morgan fingerprint density at radius 3 is 2.89 bits per heavy atom. The molecule has 1 heterocycles. The van der Waals surface area contributed by atoms with Crippen molar-refractivity contribution in [3.8, 4) is 0 Å². The molecule has 0 N–H and O–H groups in total. The number of hydrogen-bond acceptors (Lipinski definition) is 2. The highest BCUT2D eigenvalue weighted by Crippen LogP contribution is 2.29. The smallest absolute Gasteiger partial charge is 0.162 e. The Morgan fingerprint density at radius 2 is 2.05 bits per heavy atom. The summed E-state index contributed by atoms with van der Waals surface area (Å²) in [6.45, 7) is 0. The molecule has 1 aromatic heterocycles. The summed E-state index contributed by atoms with van der Waals surface area (Å²) in [7, 11) is 0. The van der Waals surface area contributed by atoms with Gasteiger partial charge in [0.1, 0.15) is 0 Å². The molecule has 2 aromatic rings. The Bertz CT molecular complexity index is 585. The first-order valence-corrected chi connectivity index (χ1v) is 7.21. The number of benzene rings is 1. The van der Waals surface area contributed by atoms with E-state index in [-0.39, 0.29) is 5.78 Å². The third-order valence-corrected chi connectivity index (χ3v) is 4.18. The summed E-state index contributed by atoms with van der Waals surface area (Å²) in [6, 6.07) is 9.79. The molecule has 3 rings (SSSR count). The van der Waals surface area contributed by atoms with Crippen LogP contribution in [0, 0.1) is 5.92 Å². The van der Waals surface area contributed by atoms with Gasteiger partial charge in [-0.3, -0.25) is 9.78 Å². The molecule has 0 radical (unpaired) electrons. The standard InChI is InChI=1S/C17H19NO/c19-17(10-7-13-4-1-2-5-13)15-9-8-14-6-3-11-18-16(14)12-15/h3,6,8-9,11-13H,1-2,4-5,7,10H2. The van der Waals surface area contributed by atoms with E-state index >= 15 is 0 Å². The van der Waals surface area contributed by atoms with Gasteiger partial charge in [-0.1, -0.05) is 43.9 Å². The maximum atomic E-state index is 12.2. The van der Waals surface area contributed by atoms with Crippen molar-refractivity contribution in [2.75, 3.05) is 0 Å². The number of nitrogens with zero attached hydrogens (tertiary/aromatic N) is 1. The van der Waals surface area contributed by atoms with Crippen LogP contribution in [0.2, 0.25) is 0 Å². The second kappa shape index (κ2) is 5.52. The number of hydrogen-bond donors (Lipinski definition) is 0. The fourth-order valence-corrected chi connectivity index (χ4v) is 3.02. The van der Waals surface area contributed by atoms with Crippen molar-refractivity contribution in [3.63, 3.8) is 0 Å². The summed E-state index contributed by atoms with van der Waals surface area (Å²) in [4.78, 5) is 16.5. The molecule has 1 aliphatic carbocycles. The van der Waals surface area contributed by atoms with Gasteiger partial charge < -0.3 is 0 Å². The molecule has 0 saturated heterocycles. The zero-order valence-corrected chi connectivity index (χ0v) is 11.1. The van der Waals surface area contributed by atoms with Crippen LogP contribution >= 0.6 is 0 Å². The second-order valence-corrected chi connectivity index (χ2v) is 5.52. The van der Waals surface area contributed by atoms with Crippen molar-refractivity contribution in [2.45, 2.75) is 38.5 Å². The molecule has 0 unspecified atom stereocenters. The number of pyridine rings is 1. The molecule has 0 amide bonds. The lowest BCUT2D eigenvalue weighted by atomic mass is 9.97. The van der Waals surface area contributed by atoms with Crippen LogP contribution in [-0.2, 0) is 0 Å². The third kappa shape index (κ3) is 2.83. The third-order valence-electron chi connectivity index (χ3n) is 4.18. The zero-order chi connectivity index (χ0) is 13.1. The minimum atomic E-state index is 0.263. The van der Waals surface area contributed by atoms with Crippen LogP contribution in [0.15, 0.2) is 36.5 Å². The second-order valence-electron chi connectivity index (χ2n) is 5.52. The maximum Gasteiger partial charge on any atom is 0.162 e. The van der Waals surface area contributed by atoms with E-state index < -0.39 is 0 Å². The van der Waals surface area contributed by atoms with E-state index in [4.69, 9.17) is 0 Å². The minimum Gasteiger partial charge on any atom is -0.294 e. The highest BCUT2D eigenvalue weighted by molar-refractivity contribution is 5.99. The molecule has 2 heteroatoms. The summed E-state index contributed by atoms with van der Waals surface area (Å²) >= 11 is 0. The normalized spacial score (nSPS) is 16.0. The first-order valence-electron chi connectivity index (χ1n) is 7.21. The number of rotatable bonds is 4. The van der Waals surface area contributed by atoms with Crippen molar-refractivity contribution < 1.29 is 4.79 Å². The lowest BCUT2D eigenvalue weighted by Gasteiger charge is -2.08. The number of fused-ring (bicyclic) bond motifs is 1. The van der Waals surface area contributed by atoms with Crippen molar-refractivity contribution >= 4 is 16.7 Å². The van der Waals surface area contributed by atoms with Gasteiger partial charge in [-0.15, -0.1) is 0 Å². The predicted octanol–water partition coefficient (Wildman–Crippen LogP) is 4.39. The number of Topliss-reactive ketones (excluding diaryl/α,β-unsaturated/α-hetero) is 1. The molecule has 1 aromatic carbocycles. The summed E-state index contributed by atoms with van der Waals surface area (Å²) in [6.07, 6.45) is 8.83. The highest BCUT2D eigenvalue weighted by Gasteiger charge is 2.16. The molecule has 0 spiro atoms. The molecule has 1 aliphatic rings. The van der Waals surface area contributed by atoms with Crippen LogP contribution in [0.25, 0.3) is 10.9 Å². The average Bonchev–Trinajstić information content (AvgIpc) is 2.97. The van der Waals surface area contributed by atoms with Crippen molar-refractivity contribution in [2.24, 2.45) is 5.92 Å². The molecular weight excluding hydrogens is 234 g/mol. The van der Waals surface area contributed by atoms with E-state index in [1.165, 1.54) is 25.7 Å². The number of carbonyl (C=O) groups excluding carboxylic acids is 1. The van der Waals surface area contributed by atoms with Crippen LogP contribution in [0.1, 0.15) is 48.9 Å². The van der Waals surface area contributed by atoms with Crippen LogP contribution in [-0.4, -0.2) is 10.8 Å². The average molecular weight is 253 g/mol. The predicted molar refractivity (Wildman–Crippen MR) is 77.3 cm³/mol. The molecule has 1 saturated carbocycles. The van der Waals surface area contributed by atoms with E-state index in [2.05, 4.69) is 4.98 Å². The van der Waals surface area contributed by atoms with E-state index in [1.54, 1.807) is 6.20 Å². The minimum absolute atomic E-state index is 0.263. The summed E-state index contributed by atoms with van der Waals surface area (Å²) < 4.78 is 0. The van der Waals surface area contributed by atoms with E-state index in [9.17, 15) is 4.79 Å². The molecule has 98 valence electrons. The lowest BCUT2D eigenvalue weighted by molar-refractivity contribution is 0.0974. The Labute approximate surface area is 113 Å². The Morgan fingerprint density at radius 1 is 1.21 bits per heavy atom. The molecule has 2 nitrogen and oxygen atoms in total. The van der Waals surface area contributed by atoms with Crippen molar-refractivity contribution in [1.29, 1.82) is 0 Å². The largest absolute Gasteiger partial charge is 0.294 e. The van der Waals surface area contributed by atoms with Gasteiger partial charge in [-0.05, 0) is 24.5 Å². The zero-order valence-electron chi connectivity index (χ0n) is 11.1. The van der Waals surface area contributed by atoms with Gasteiger partial charge in [0.05, 0.1) is 5.52 Å². The van der Waals surface area contributed by atoms with Crippen molar-refractivity contribution in [3.05, 3.63) is 42.1 Å². The van der Waals surface area contributed by atoms with Gasteiger partial charge >= 0.3 is 0 Å². The quantitative estimate of drug-likeness (QED) is 0.756. The molecular formula is C17H19NO. The Kier molecular flexibility index (Phi) is 3.58. The first-order chi connectivity index (χ1) is 9.33. The molecule has 19 heavy (non-hydrogen) atoms. The fraction of sp³-hybridized carbons (Fsp3) is 0.412. The number of ketones is 1. The molecule has 0 aliphatic heterocycles. The molecule has 0 bridgehead atoms. The van der Waals surface area contributed by atoms with Gasteiger partial charge in [0, 0.05) is 23.6 Å². The Balaban J connectivity index is 1.70. The van der Waals surface area contributed by atoms with E-state index in [0.29, 0.717) is 6.42 Å². The fourth-order valence-electron chi connectivity index (χ4n) is 3.02. The monoisotopic (exact) mass is 253 g/mol. The van der Waals surface area contributed by atoms with Gasteiger partial charge in [-0.25, -0.2) is 0 Å². The summed E-state index contributed by atoms with van der Waals surface area (Å²) in [5.74, 6) is 1.04. The SMILES string of the molecule is O=C(CCC1CCCC1)c1ccc2cccnc2c1. The number of aromatic nitrogens is 1. The van der Waals surface area contributed by atoms with Crippen LogP contribution in [0.4, 0.5) is 0 Å². The Hall–Kier alpha value is -1.70. The number of carbonyl (C=O) groups is 1. The van der Waals surface area contributed by atoms with E-state index in [0.717, 1.165) is 28.8 Å². The van der Waals surface area contributed by atoms with Gasteiger partial charge in [0.2, 0.25) is 0 Å². The summed E-state index contributed by atoms with van der Waals surface area (Å²) in [5, 5.41) is 1.09. The van der Waals surface area contributed by atoms with Gasteiger partial charge in [0.15, 0.2) is 5.78 Å². The van der Waals surface area contributed by atoms with Gasteiger partial charge in [0.25, 0.3) is 0 Å². The maximum absolute atomic E-state index is 12.2. The van der Waals surface area contributed by atoms with Crippen LogP contribution in [0.5, 0.6) is 0 Å². The first kappa shape index (κ1) is 12.3. The van der Waals surface area contributed by atoms with Crippen LogP contribution in [0.3, 0.4) is 0 Å². The molecule has 0 atom stereocenters. The molecule has 1 fully saturated rings.